The summed E-state index contributed by atoms with van der Waals surface area (Å²) in [5.74, 6) is 0. The van der Waals surface area contributed by atoms with Crippen molar-refractivity contribution in [2.24, 2.45) is 0 Å². The van der Waals surface area contributed by atoms with E-state index in [-0.39, 0.29) is 6.03 Å². The summed E-state index contributed by atoms with van der Waals surface area (Å²) in [5.41, 5.74) is 0. The number of carbonyl (C=O) groups is 1. The molecule has 1 aromatic heterocycles. The highest BCUT2D eigenvalue weighted by atomic mass is 35.5. The summed E-state index contributed by atoms with van der Waals surface area (Å²) in [4.78, 5) is 19.2. The molecule has 1 atom stereocenters. The van der Waals surface area contributed by atoms with E-state index in [0.717, 1.165) is 12.8 Å². The van der Waals surface area contributed by atoms with Crippen molar-refractivity contribution >= 4 is 34.1 Å². The van der Waals surface area contributed by atoms with Gasteiger partial charge in [-0.15, -0.1) is 0 Å². The molecule has 0 aromatic carbocycles. The van der Waals surface area contributed by atoms with E-state index in [1.165, 1.54) is 22.4 Å². The molecule has 0 spiro atoms. The summed E-state index contributed by atoms with van der Waals surface area (Å²) in [6, 6.07) is -0.209. The smallest absolute Gasteiger partial charge is 0.328 e. The predicted octanol–water partition coefficient (Wildman–Crippen LogP) is 2.71. The summed E-state index contributed by atoms with van der Waals surface area (Å²) in [5, 5.41) is 10.4. The fourth-order valence-corrected chi connectivity index (χ4v) is 2.90. The first-order chi connectivity index (χ1) is 9.13. The molecule has 7 heteroatoms. The standard InChI is InChI=1S/C12H16ClN3O2S/c1-2-3-4-5-6-15-8-10(17)16(12(15)18)11-14-7-9(13)19-11/h2-3,7,10,17H,4-6,8H2,1H3. The molecule has 1 N–H and O–H groups in total. The van der Waals surface area contributed by atoms with Crippen molar-refractivity contribution in [1.29, 1.82) is 0 Å². The molecule has 5 nitrogen and oxygen atoms in total. The zero-order chi connectivity index (χ0) is 13.8. The van der Waals surface area contributed by atoms with Gasteiger partial charge in [0.15, 0.2) is 11.4 Å². The van der Waals surface area contributed by atoms with Crippen LogP contribution in [0, 0.1) is 0 Å². The highest BCUT2D eigenvalue weighted by Gasteiger charge is 2.38. The van der Waals surface area contributed by atoms with E-state index in [9.17, 15) is 9.90 Å². The van der Waals surface area contributed by atoms with E-state index in [2.05, 4.69) is 11.1 Å². The van der Waals surface area contributed by atoms with Crippen LogP contribution < -0.4 is 4.90 Å². The molecule has 19 heavy (non-hydrogen) atoms. The maximum atomic E-state index is 12.2. The maximum absolute atomic E-state index is 12.2. The van der Waals surface area contributed by atoms with E-state index in [1.807, 2.05) is 13.0 Å². The molecule has 0 bridgehead atoms. The molecule has 2 amide bonds. The van der Waals surface area contributed by atoms with E-state index in [4.69, 9.17) is 11.6 Å². The lowest BCUT2D eigenvalue weighted by Gasteiger charge is -2.16. The molecule has 104 valence electrons. The van der Waals surface area contributed by atoms with Crippen LogP contribution in [0.3, 0.4) is 0 Å². The second kappa shape index (κ2) is 6.36. The van der Waals surface area contributed by atoms with E-state index < -0.39 is 6.23 Å². The number of unbranched alkanes of at least 4 members (excludes halogenated alkanes) is 1. The SMILES string of the molecule is CC=CCCCN1CC(O)N(c2ncc(Cl)s2)C1=O. The highest BCUT2D eigenvalue weighted by Crippen LogP contribution is 2.30. The van der Waals surface area contributed by atoms with E-state index in [0.29, 0.717) is 22.6 Å². The average molecular weight is 302 g/mol. The number of rotatable bonds is 5. The summed E-state index contributed by atoms with van der Waals surface area (Å²) in [7, 11) is 0. The number of aromatic nitrogens is 1. The number of urea groups is 1. The molecule has 0 radical (unpaired) electrons. The van der Waals surface area contributed by atoms with Gasteiger partial charge >= 0.3 is 6.03 Å². The molecule has 2 heterocycles. The second-order valence-corrected chi connectivity index (χ2v) is 5.88. The van der Waals surface area contributed by atoms with Crippen LogP contribution in [0.1, 0.15) is 19.8 Å². The first-order valence-corrected chi connectivity index (χ1v) is 7.31. The van der Waals surface area contributed by atoms with Crippen molar-refractivity contribution in [3.63, 3.8) is 0 Å². The number of aliphatic hydroxyl groups is 1. The second-order valence-electron chi connectivity index (χ2n) is 4.24. The molecule has 1 fully saturated rings. The lowest BCUT2D eigenvalue weighted by atomic mass is 10.3. The number of hydrogen-bond donors (Lipinski definition) is 1. The van der Waals surface area contributed by atoms with Crippen LogP contribution >= 0.6 is 22.9 Å². The third kappa shape index (κ3) is 3.26. The third-order valence-electron chi connectivity index (χ3n) is 2.86. The number of halogens is 1. The van der Waals surface area contributed by atoms with Crippen LogP contribution in [0.5, 0.6) is 0 Å². The summed E-state index contributed by atoms with van der Waals surface area (Å²) >= 11 is 6.99. The normalized spacial score (nSPS) is 19.9. The van der Waals surface area contributed by atoms with Gasteiger partial charge in [0.25, 0.3) is 0 Å². The van der Waals surface area contributed by atoms with Crippen LogP contribution in [0.4, 0.5) is 9.93 Å². The lowest BCUT2D eigenvalue weighted by Crippen LogP contribution is -2.35. The molecule has 1 aromatic rings. The topological polar surface area (TPSA) is 56.7 Å². The molecule has 1 unspecified atom stereocenters. The summed E-state index contributed by atoms with van der Waals surface area (Å²) in [6.45, 7) is 2.92. The first kappa shape index (κ1) is 14.3. The molecular weight excluding hydrogens is 286 g/mol. The van der Waals surface area contributed by atoms with Crippen LogP contribution in [-0.2, 0) is 0 Å². The number of hydrogen-bond acceptors (Lipinski definition) is 4. The van der Waals surface area contributed by atoms with E-state index >= 15 is 0 Å². The number of aliphatic hydroxyl groups excluding tert-OH is 1. The van der Waals surface area contributed by atoms with Gasteiger partial charge in [-0.2, -0.15) is 0 Å². The number of anilines is 1. The van der Waals surface area contributed by atoms with Crippen LogP contribution in [0.2, 0.25) is 4.34 Å². The Balaban J connectivity index is 1.98. The minimum Gasteiger partial charge on any atom is -0.371 e. The number of allylic oxidation sites excluding steroid dienone is 2. The van der Waals surface area contributed by atoms with Gasteiger partial charge < -0.3 is 10.0 Å². The fourth-order valence-electron chi connectivity index (χ4n) is 1.96. The Hall–Kier alpha value is -1.11. The molecule has 0 aliphatic carbocycles. The Kier molecular flexibility index (Phi) is 4.79. The number of amides is 2. The van der Waals surface area contributed by atoms with Crippen LogP contribution in [-0.4, -0.2) is 40.3 Å². The Labute approximate surface area is 121 Å². The van der Waals surface area contributed by atoms with Crippen LogP contribution in [0.15, 0.2) is 18.3 Å². The van der Waals surface area contributed by atoms with Crippen LogP contribution in [0.25, 0.3) is 0 Å². The summed E-state index contributed by atoms with van der Waals surface area (Å²) < 4.78 is 0.501. The number of β-amino-alcohol motifs (C(OH)–C–C–N with tert-alkyl or cyclic N) is 1. The molecule has 1 aliphatic rings. The third-order valence-corrected chi connectivity index (χ3v) is 3.98. The molecule has 0 saturated carbocycles. The quantitative estimate of drug-likeness (QED) is 0.672. The van der Waals surface area contributed by atoms with Crippen molar-refractivity contribution in [2.75, 3.05) is 18.0 Å². The largest absolute Gasteiger partial charge is 0.371 e. The van der Waals surface area contributed by atoms with Gasteiger partial charge in [-0.3, -0.25) is 0 Å². The minimum absolute atomic E-state index is 0.209. The van der Waals surface area contributed by atoms with Gasteiger partial charge in [0.2, 0.25) is 0 Å². The Morgan fingerprint density at radius 3 is 3.11 bits per heavy atom. The Bertz CT molecular complexity index is 477. The van der Waals surface area contributed by atoms with Crippen molar-refractivity contribution in [3.05, 3.63) is 22.7 Å². The van der Waals surface area contributed by atoms with Gasteiger partial charge in [0, 0.05) is 6.54 Å². The zero-order valence-electron chi connectivity index (χ0n) is 10.6. The van der Waals surface area contributed by atoms with E-state index in [1.54, 1.807) is 4.90 Å². The van der Waals surface area contributed by atoms with Crippen molar-refractivity contribution in [3.8, 4) is 0 Å². The van der Waals surface area contributed by atoms with Gasteiger partial charge in [0.1, 0.15) is 4.34 Å². The average Bonchev–Trinajstić information content (AvgIpc) is 2.90. The molecular formula is C12H16ClN3O2S. The van der Waals surface area contributed by atoms with Crippen molar-refractivity contribution < 1.29 is 9.90 Å². The number of thiazole rings is 1. The number of carbonyl (C=O) groups excluding carboxylic acids is 1. The molecule has 1 saturated heterocycles. The summed E-state index contributed by atoms with van der Waals surface area (Å²) in [6.07, 6.45) is 6.50. The number of nitrogens with zero attached hydrogens (tertiary/aromatic N) is 3. The van der Waals surface area contributed by atoms with Gasteiger partial charge in [-0.25, -0.2) is 14.7 Å². The molecule has 2 rings (SSSR count). The Morgan fingerprint density at radius 2 is 2.47 bits per heavy atom. The highest BCUT2D eigenvalue weighted by molar-refractivity contribution is 7.19. The monoisotopic (exact) mass is 301 g/mol. The maximum Gasteiger partial charge on any atom is 0.328 e. The molecule has 1 aliphatic heterocycles. The Morgan fingerprint density at radius 1 is 1.68 bits per heavy atom. The van der Waals surface area contributed by atoms with Gasteiger partial charge in [-0.05, 0) is 19.8 Å². The zero-order valence-corrected chi connectivity index (χ0v) is 12.2. The van der Waals surface area contributed by atoms with Crippen molar-refractivity contribution in [1.82, 2.24) is 9.88 Å². The van der Waals surface area contributed by atoms with Gasteiger partial charge in [0.05, 0.1) is 12.7 Å². The predicted molar refractivity (Wildman–Crippen MR) is 76.6 cm³/mol. The first-order valence-electron chi connectivity index (χ1n) is 6.12. The van der Waals surface area contributed by atoms with Crippen molar-refractivity contribution in [2.45, 2.75) is 26.0 Å². The van der Waals surface area contributed by atoms with Gasteiger partial charge in [-0.1, -0.05) is 35.1 Å². The minimum atomic E-state index is -0.851. The lowest BCUT2D eigenvalue weighted by molar-refractivity contribution is 0.176. The fraction of sp³-hybridized carbons (Fsp3) is 0.500.